The van der Waals surface area contributed by atoms with Crippen molar-refractivity contribution >= 4 is 40.0 Å². The quantitative estimate of drug-likeness (QED) is 0.228. The first-order valence-corrected chi connectivity index (χ1v) is 16.2. The Bertz CT molecular complexity index is 958. The van der Waals surface area contributed by atoms with E-state index in [2.05, 4.69) is 20.6 Å². The Morgan fingerprint density at radius 1 is 0.762 bits per heavy atom. The second-order valence-electron chi connectivity index (χ2n) is 13.1. The van der Waals surface area contributed by atoms with E-state index in [1.807, 2.05) is 55.4 Å². The van der Waals surface area contributed by atoms with Crippen LogP contribution < -0.4 is 10.6 Å². The summed E-state index contributed by atoms with van der Waals surface area (Å²) in [6.07, 6.45) is -10.5. The van der Waals surface area contributed by atoms with Crippen molar-refractivity contribution in [3.8, 4) is 0 Å². The topological polar surface area (TPSA) is 184 Å². The fourth-order valence-corrected chi connectivity index (χ4v) is 7.80. The maximum atomic E-state index is 13.4. The van der Waals surface area contributed by atoms with Gasteiger partial charge in [-0.25, -0.2) is 4.79 Å². The van der Waals surface area contributed by atoms with E-state index in [0.717, 1.165) is 0 Å². The van der Waals surface area contributed by atoms with Gasteiger partial charge >= 0.3 is 6.16 Å². The number of carbonyl (C=O) groups is 1. The second kappa shape index (κ2) is 13.0. The molecule has 0 spiro atoms. The lowest BCUT2D eigenvalue weighted by atomic mass is 9.81. The molecule has 6 N–H and O–H groups in total. The molecule has 240 valence electrons. The number of aliphatic imine (C=N–C) groups is 2. The van der Waals surface area contributed by atoms with Gasteiger partial charge in [-0.15, -0.1) is 0 Å². The number of carbonyl (C=O) groups excluding carboxylic acids is 1. The molecule has 4 aliphatic heterocycles. The van der Waals surface area contributed by atoms with Gasteiger partial charge < -0.3 is 50.0 Å². The Hall–Kier alpha value is -1.33. The number of thioether (sulfide) groups is 2. The third kappa shape index (κ3) is 6.98. The normalized spacial score (nSPS) is 38.0. The monoisotopic (exact) mass is 634 g/mol. The zero-order valence-corrected chi connectivity index (χ0v) is 27.0. The fraction of sp³-hybridized carbons (Fsp3) is 0.889. The lowest BCUT2D eigenvalue weighted by Crippen LogP contribution is -2.62. The van der Waals surface area contributed by atoms with Gasteiger partial charge in [-0.2, -0.15) is 0 Å². The zero-order valence-electron chi connectivity index (χ0n) is 25.4. The Kier molecular flexibility index (Phi) is 10.4. The molecular weight excluding hydrogens is 588 g/mol. The summed E-state index contributed by atoms with van der Waals surface area (Å²) in [5.41, 5.74) is -2.61. The van der Waals surface area contributed by atoms with Crippen LogP contribution in [0.3, 0.4) is 0 Å². The summed E-state index contributed by atoms with van der Waals surface area (Å²) < 4.78 is 24.1. The number of rotatable bonds is 6. The molecule has 0 bridgehead atoms. The van der Waals surface area contributed by atoms with E-state index >= 15 is 0 Å². The van der Waals surface area contributed by atoms with Gasteiger partial charge in [-0.05, 0) is 13.8 Å². The molecule has 0 aromatic heterocycles. The predicted molar refractivity (Wildman–Crippen MR) is 160 cm³/mol. The number of ether oxygens (including phenoxy) is 4. The van der Waals surface area contributed by atoms with Crippen LogP contribution >= 0.6 is 23.5 Å². The van der Waals surface area contributed by atoms with Gasteiger partial charge in [0.1, 0.15) is 71.8 Å². The highest BCUT2D eigenvalue weighted by Gasteiger charge is 2.56. The minimum absolute atomic E-state index is 0.576. The molecule has 42 heavy (non-hydrogen) atoms. The summed E-state index contributed by atoms with van der Waals surface area (Å²) in [6.45, 7) is 16.1. The first-order valence-electron chi connectivity index (χ1n) is 14.4. The molecule has 0 saturated carbocycles. The smallest absolute Gasteiger partial charge is 0.428 e. The molecule has 0 amide bonds. The minimum atomic E-state index is -1.38. The van der Waals surface area contributed by atoms with Crippen molar-refractivity contribution in [3.05, 3.63) is 0 Å². The van der Waals surface area contributed by atoms with Gasteiger partial charge in [0.15, 0.2) is 10.3 Å². The lowest BCUT2D eigenvalue weighted by Gasteiger charge is -2.46. The number of hydrogen-bond acceptors (Lipinski definition) is 15. The van der Waals surface area contributed by atoms with Crippen LogP contribution in [0, 0.1) is 10.8 Å². The van der Waals surface area contributed by atoms with Crippen LogP contribution in [-0.4, -0.2) is 122 Å². The van der Waals surface area contributed by atoms with E-state index in [1.165, 1.54) is 23.5 Å². The summed E-state index contributed by atoms with van der Waals surface area (Å²) in [6, 6.07) is -1.34. The molecule has 0 aliphatic carbocycles. The second-order valence-corrected chi connectivity index (χ2v) is 15.3. The Morgan fingerprint density at radius 3 is 1.43 bits per heavy atom. The Balaban J connectivity index is 1.50. The molecule has 0 aromatic rings. The highest BCUT2D eigenvalue weighted by atomic mass is 32.2. The van der Waals surface area contributed by atoms with E-state index in [1.54, 1.807) is 0 Å². The van der Waals surface area contributed by atoms with Gasteiger partial charge in [0.25, 0.3) is 0 Å². The van der Waals surface area contributed by atoms with Crippen molar-refractivity contribution < 1.29 is 44.2 Å². The van der Waals surface area contributed by atoms with E-state index in [4.69, 9.17) is 18.9 Å². The molecule has 4 heterocycles. The zero-order chi connectivity index (χ0) is 31.1. The minimum Gasteiger partial charge on any atom is -0.428 e. The van der Waals surface area contributed by atoms with Crippen LogP contribution in [0.4, 0.5) is 4.79 Å². The molecule has 2 unspecified atom stereocenters. The van der Waals surface area contributed by atoms with Crippen molar-refractivity contribution in [3.63, 3.8) is 0 Å². The summed E-state index contributed by atoms with van der Waals surface area (Å²) in [4.78, 5) is 22.3. The summed E-state index contributed by atoms with van der Waals surface area (Å²) >= 11 is 2.62. The van der Waals surface area contributed by atoms with Crippen molar-refractivity contribution in [2.45, 2.75) is 127 Å². The van der Waals surface area contributed by atoms with Crippen LogP contribution in [-0.2, 0) is 18.9 Å². The van der Waals surface area contributed by atoms with E-state index in [0.29, 0.717) is 23.4 Å². The summed E-state index contributed by atoms with van der Waals surface area (Å²) in [7, 11) is 0. The van der Waals surface area contributed by atoms with Gasteiger partial charge in [0.05, 0.1) is 0 Å². The molecule has 0 radical (unpaired) electrons. The maximum absolute atomic E-state index is 13.4. The average Bonchev–Trinajstić information content (AvgIpc) is 3.49. The fourth-order valence-electron chi connectivity index (χ4n) is 5.45. The van der Waals surface area contributed by atoms with Crippen LogP contribution in [0.2, 0.25) is 0 Å². The number of amidine groups is 2. The highest BCUT2D eigenvalue weighted by molar-refractivity contribution is 8.14. The van der Waals surface area contributed by atoms with Crippen LogP contribution in [0.15, 0.2) is 9.98 Å². The van der Waals surface area contributed by atoms with Crippen molar-refractivity contribution in [2.24, 2.45) is 20.8 Å². The number of fused-ring (bicyclic) bond motifs is 2. The van der Waals surface area contributed by atoms with E-state index in [9.17, 15) is 25.2 Å². The third-order valence-corrected chi connectivity index (χ3v) is 9.80. The molecule has 0 aromatic carbocycles. The SMILES string of the molecule is CCNC1=N[C@@H]2[C@@H](O)[C@H](O)[C@H](C(OC(=O)OC([C@@H]3O[C@@H]4SC(NCC)=N[C@@H]4[C@@H](O)[C@@H]3O)C(C)(C)C)C(C)(C)C)O[C@@H]2S1. The average molecular weight is 635 g/mol. The maximum Gasteiger partial charge on any atom is 0.509 e. The van der Waals surface area contributed by atoms with Crippen LogP contribution in [0.25, 0.3) is 0 Å². The largest absolute Gasteiger partial charge is 0.509 e. The van der Waals surface area contributed by atoms with Crippen molar-refractivity contribution in [1.82, 2.24) is 10.6 Å². The number of aliphatic hydroxyl groups excluding tert-OH is 4. The number of aliphatic hydroxyl groups is 4. The molecule has 2 saturated heterocycles. The highest BCUT2D eigenvalue weighted by Crippen LogP contribution is 2.42. The van der Waals surface area contributed by atoms with Crippen molar-refractivity contribution in [1.29, 1.82) is 0 Å². The lowest BCUT2D eigenvalue weighted by molar-refractivity contribution is -0.220. The van der Waals surface area contributed by atoms with Crippen LogP contribution in [0.1, 0.15) is 55.4 Å². The third-order valence-electron chi connectivity index (χ3n) is 7.61. The van der Waals surface area contributed by atoms with Crippen molar-refractivity contribution in [2.75, 3.05) is 13.1 Å². The van der Waals surface area contributed by atoms with Gasteiger partial charge in [0.2, 0.25) is 0 Å². The number of nitrogens with zero attached hydrogens (tertiary/aromatic N) is 2. The Labute approximate surface area is 255 Å². The van der Waals surface area contributed by atoms with E-state index < -0.39 is 88.8 Å². The molecule has 12 atom stereocenters. The summed E-state index contributed by atoms with van der Waals surface area (Å²) in [5, 5.41) is 51.4. The molecule has 4 rings (SSSR count). The molecule has 2 fully saturated rings. The molecule has 15 heteroatoms. The summed E-state index contributed by atoms with van der Waals surface area (Å²) in [5.74, 6) is 0. The van der Waals surface area contributed by atoms with E-state index in [-0.39, 0.29) is 0 Å². The standard InChI is InChI=1S/C27H46N4O9S2/c1-9-28-23-30-11-13(32)15(34)17(37-21(11)41-23)19(26(3,4)5)39-25(36)40-20(27(6,7)8)18-16(35)14(33)12-22(38-18)42-24(31-12)29-10-2/h11-22,32-35H,9-10H2,1-8H3,(H,28,30)(H,29,31)/t11-,12-,13-,14-,15+,16+,17-,18-,19?,20?,21-,22-/m1/s1. The van der Waals surface area contributed by atoms with Gasteiger partial charge in [-0.1, -0.05) is 65.1 Å². The van der Waals surface area contributed by atoms with Gasteiger partial charge in [0, 0.05) is 23.9 Å². The van der Waals surface area contributed by atoms with Crippen LogP contribution in [0.5, 0.6) is 0 Å². The predicted octanol–water partition coefficient (Wildman–Crippen LogP) is 1.02. The number of nitrogens with one attached hydrogen (secondary N) is 2. The van der Waals surface area contributed by atoms with Gasteiger partial charge in [-0.3, -0.25) is 9.98 Å². The first kappa shape index (κ1) is 33.6. The molecule has 4 aliphatic rings. The molecular formula is C27H46N4O9S2. The Morgan fingerprint density at radius 2 is 1.12 bits per heavy atom. The molecule has 13 nitrogen and oxygen atoms in total. The first-order chi connectivity index (χ1) is 19.6. The number of hydrogen-bond donors (Lipinski definition) is 6.